The van der Waals surface area contributed by atoms with E-state index in [1.54, 1.807) is 0 Å². The van der Waals surface area contributed by atoms with E-state index in [9.17, 15) is 0 Å². The normalized spacial score (nSPS) is 10.3. The summed E-state index contributed by atoms with van der Waals surface area (Å²) < 4.78 is 2.13. The van der Waals surface area contributed by atoms with Crippen LogP contribution in [-0.4, -0.2) is 14.1 Å². The van der Waals surface area contributed by atoms with Crippen molar-refractivity contribution in [3.8, 4) is 0 Å². The van der Waals surface area contributed by atoms with Crippen molar-refractivity contribution in [1.82, 2.24) is 0 Å². The summed E-state index contributed by atoms with van der Waals surface area (Å²) in [5.41, 5.74) is 3.63. The highest BCUT2D eigenvalue weighted by Crippen LogP contribution is 2.16. The van der Waals surface area contributed by atoms with Crippen LogP contribution >= 0.6 is 0 Å². The summed E-state index contributed by atoms with van der Waals surface area (Å²) in [5, 5.41) is 0. The van der Waals surface area contributed by atoms with E-state index < -0.39 is 0 Å². The first-order valence-electron chi connectivity index (χ1n) is 6.07. The van der Waals surface area contributed by atoms with E-state index in [0.29, 0.717) is 0 Å². The maximum atomic E-state index is 2.16. The Bertz CT molecular complexity index is 548. The number of anilines is 1. The predicted molar refractivity (Wildman–Crippen MR) is 77.3 cm³/mol. The summed E-state index contributed by atoms with van der Waals surface area (Å²) in [4.78, 5) is 2.13. The van der Waals surface area contributed by atoms with Gasteiger partial charge < -0.3 is 28.9 Å². The van der Waals surface area contributed by atoms with Crippen molar-refractivity contribution in [2.75, 3.05) is 19.0 Å². The van der Waals surface area contributed by atoms with E-state index in [2.05, 4.69) is 85.4 Å². The molecule has 19 heavy (non-hydrogen) atoms. The molecule has 0 bridgehead atoms. The highest BCUT2D eigenvalue weighted by atomic mass is 127. The van der Waals surface area contributed by atoms with Crippen LogP contribution in [0, 0.1) is 0 Å². The number of pyridine rings is 1. The number of aromatic nitrogens is 1. The molecular weight excluding hydrogens is 347 g/mol. The third-order valence-electron chi connectivity index (χ3n) is 2.92. The van der Waals surface area contributed by atoms with Gasteiger partial charge in [0.05, 0.1) is 0 Å². The maximum absolute atomic E-state index is 2.16. The van der Waals surface area contributed by atoms with E-state index in [1.807, 2.05) is 6.07 Å². The second kappa shape index (κ2) is 7.28. The SMILES string of the molecule is CN(C)c1ccc[n+](C)c1C=Cc1ccccc1.[I-]. The van der Waals surface area contributed by atoms with Gasteiger partial charge in [0.25, 0.3) is 0 Å². The molecule has 0 aliphatic carbocycles. The van der Waals surface area contributed by atoms with Crippen LogP contribution in [0.4, 0.5) is 5.69 Å². The fourth-order valence-electron chi connectivity index (χ4n) is 1.93. The molecule has 0 spiro atoms. The number of halogens is 1. The van der Waals surface area contributed by atoms with Gasteiger partial charge in [-0.05, 0) is 17.7 Å². The van der Waals surface area contributed by atoms with Gasteiger partial charge in [0.15, 0.2) is 6.20 Å². The minimum absolute atomic E-state index is 0. The molecule has 0 saturated carbocycles. The first kappa shape index (κ1) is 15.7. The molecule has 1 aromatic carbocycles. The van der Waals surface area contributed by atoms with Crippen molar-refractivity contribution in [2.45, 2.75) is 0 Å². The first-order valence-corrected chi connectivity index (χ1v) is 6.07. The molecule has 0 radical (unpaired) electrons. The summed E-state index contributed by atoms with van der Waals surface area (Å²) in [6.45, 7) is 0. The molecule has 1 heterocycles. The summed E-state index contributed by atoms with van der Waals surface area (Å²) in [6, 6.07) is 14.5. The lowest BCUT2D eigenvalue weighted by Gasteiger charge is -2.12. The lowest BCUT2D eigenvalue weighted by molar-refractivity contribution is -0.672. The maximum Gasteiger partial charge on any atom is 0.228 e. The summed E-state index contributed by atoms with van der Waals surface area (Å²) in [7, 11) is 6.20. The highest BCUT2D eigenvalue weighted by molar-refractivity contribution is 5.73. The number of hydrogen-bond donors (Lipinski definition) is 0. The number of aryl methyl sites for hydroxylation is 1. The first-order chi connectivity index (χ1) is 8.68. The van der Waals surface area contributed by atoms with Gasteiger partial charge >= 0.3 is 0 Å². The molecule has 0 atom stereocenters. The predicted octanol–water partition coefficient (Wildman–Crippen LogP) is -0.248. The Kier molecular flexibility index (Phi) is 6.02. The third-order valence-corrected chi connectivity index (χ3v) is 2.92. The van der Waals surface area contributed by atoms with Crippen LogP contribution in [0.25, 0.3) is 12.2 Å². The van der Waals surface area contributed by atoms with Crippen molar-refractivity contribution < 1.29 is 28.5 Å². The van der Waals surface area contributed by atoms with Gasteiger partial charge in [-0.2, -0.15) is 4.57 Å². The number of nitrogens with zero attached hydrogens (tertiary/aromatic N) is 2. The third kappa shape index (κ3) is 4.06. The zero-order valence-electron chi connectivity index (χ0n) is 11.5. The zero-order valence-corrected chi connectivity index (χ0v) is 13.7. The molecule has 1 aromatic heterocycles. The van der Waals surface area contributed by atoms with E-state index in [-0.39, 0.29) is 24.0 Å². The fraction of sp³-hybridized carbons (Fsp3) is 0.188. The lowest BCUT2D eigenvalue weighted by Crippen LogP contribution is -3.00. The Balaban J connectivity index is 0.00000180. The highest BCUT2D eigenvalue weighted by Gasteiger charge is 2.10. The fourth-order valence-corrected chi connectivity index (χ4v) is 1.93. The minimum Gasteiger partial charge on any atom is -1.00 e. The lowest BCUT2D eigenvalue weighted by atomic mass is 10.2. The van der Waals surface area contributed by atoms with Gasteiger partial charge in [0, 0.05) is 26.2 Å². The van der Waals surface area contributed by atoms with Crippen LogP contribution in [0.3, 0.4) is 0 Å². The molecular formula is C16H19IN2. The van der Waals surface area contributed by atoms with E-state index in [0.717, 1.165) is 0 Å². The van der Waals surface area contributed by atoms with Crippen molar-refractivity contribution in [2.24, 2.45) is 7.05 Å². The van der Waals surface area contributed by atoms with E-state index >= 15 is 0 Å². The molecule has 0 amide bonds. The van der Waals surface area contributed by atoms with Crippen LogP contribution in [0.2, 0.25) is 0 Å². The van der Waals surface area contributed by atoms with Gasteiger partial charge in [0.2, 0.25) is 5.69 Å². The van der Waals surface area contributed by atoms with Crippen molar-refractivity contribution in [3.63, 3.8) is 0 Å². The molecule has 0 N–H and O–H groups in total. The van der Waals surface area contributed by atoms with Crippen molar-refractivity contribution in [1.29, 1.82) is 0 Å². The van der Waals surface area contributed by atoms with Crippen LogP contribution in [0.1, 0.15) is 11.3 Å². The molecule has 100 valence electrons. The van der Waals surface area contributed by atoms with E-state index in [4.69, 9.17) is 0 Å². The Morgan fingerprint density at radius 3 is 2.26 bits per heavy atom. The van der Waals surface area contributed by atoms with E-state index in [1.165, 1.54) is 16.9 Å². The van der Waals surface area contributed by atoms with Crippen LogP contribution < -0.4 is 33.4 Å². The standard InChI is InChI=1S/C16H19N2.HI/c1-17(2)15-10-7-13-18(3)16(15)12-11-14-8-5-4-6-9-14;/h4-13H,1-3H3;1H/q+1;/p-1. The van der Waals surface area contributed by atoms with Crippen LogP contribution in [-0.2, 0) is 7.05 Å². The number of hydrogen-bond acceptors (Lipinski definition) is 1. The molecule has 2 aromatic rings. The van der Waals surface area contributed by atoms with Crippen LogP contribution in [0.5, 0.6) is 0 Å². The van der Waals surface area contributed by atoms with Crippen LogP contribution in [0.15, 0.2) is 48.7 Å². The smallest absolute Gasteiger partial charge is 0.228 e. The van der Waals surface area contributed by atoms with Gasteiger partial charge in [-0.1, -0.05) is 30.3 Å². The summed E-state index contributed by atoms with van der Waals surface area (Å²) >= 11 is 0. The van der Waals surface area contributed by atoms with Gasteiger partial charge in [-0.25, -0.2) is 0 Å². The Hall–Kier alpha value is -1.36. The topological polar surface area (TPSA) is 7.12 Å². The molecule has 2 nitrogen and oxygen atoms in total. The molecule has 3 heteroatoms. The van der Waals surface area contributed by atoms with Gasteiger partial charge in [-0.3, -0.25) is 0 Å². The summed E-state index contributed by atoms with van der Waals surface area (Å²) in [6.07, 6.45) is 6.37. The molecule has 0 saturated heterocycles. The molecule has 0 unspecified atom stereocenters. The summed E-state index contributed by atoms with van der Waals surface area (Å²) in [5.74, 6) is 0. The van der Waals surface area contributed by atoms with Gasteiger partial charge in [0.1, 0.15) is 12.7 Å². The van der Waals surface area contributed by atoms with Gasteiger partial charge in [-0.15, -0.1) is 0 Å². The Morgan fingerprint density at radius 2 is 1.63 bits per heavy atom. The molecule has 0 aliphatic rings. The Labute approximate surface area is 132 Å². The monoisotopic (exact) mass is 366 g/mol. The molecule has 0 aliphatic heterocycles. The second-order valence-corrected chi connectivity index (χ2v) is 4.53. The molecule has 2 rings (SSSR count). The van der Waals surface area contributed by atoms with Crippen molar-refractivity contribution >= 4 is 17.8 Å². The number of benzene rings is 1. The average molecular weight is 366 g/mol. The average Bonchev–Trinajstić information content (AvgIpc) is 2.38. The quantitative estimate of drug-likeness (QED) is 0.537. The Morgan fingerprint density at radius 1 is 0.947 bits per heavy atom. The largest absolute Gasteiger partial charge is 1.00 e. The second-order valence-electron chi connectivity index (χ2n) is 4.53. The molecule has 0 fully saturated rings. The minimum atomic E-state index is 0. The van der Waals surface area contributed by atoms with Crippen molar-refractivity contribution in [3.05, 3.63) is 59.9 Å². The zero-order chi connectivity index (χ0) is 13.0. The number of rotatable bonds is 3.